The molecule has 29 heavy (non-hydrogen) atoms. The summed E-state index contributed by atoms with van der Waals surface area (Å²) in [4.78, 5) is 14.3. The van der Waals surface area contributed by atoms with Gasteiger partial charge >= 0.3 is 0 Å². The van der Waals surface area contributed by atoms with Crippen molar-refractivity contribution < 1.29 is 17.6 Å². The number of carbonyl (C=O) groups excluding carboxylic acids is 1. The molecule has 0 spiro atoms. The van der Waals surface area contributed by atoms with Crippen molar-refractivity contribution in [2.45, 2.75) is 38.1 Å². The third kappa shape index (κ3) is 7.14. The Kier molecular flexibility index (Phi) is 8.16. The molecular weight excluding hydrogens is 393 g/mol. The Labute approximate surface area is 172 Å². The highest BCUT2D eigenvalue weighted by Crippen LogP contribution is 2.17. The molecule has 0 radical (unpaired) electrons. The highest BCUT2D eigenvalue weighted by Gasteiger charge is 2.14. The maximum absolute atomic E-state index is 13.0. The second-order valence-electron chi connectivity index (χ2n) is 7.01. The third-order valence-corrected chi connectivity index (χ3v) is 5.95. The van der Waals surface area contributed by atoms with Gasteiger partial charge in [-0.25, -0.2) is 12.8 Å². The van der Waals surface area contributed by atoms with Crippen molar-refractivity contribution in [3.63, 3.8) is 0 Å². The normalized spacial score (nSPS) is 11.7. The van der Waals surface area contributed by atoms with Crippen LogP contribution in [-0.4, -0.2) is 44.9 Å². The first kappa shape index (κ1) is 22.8. The summed E-state index contributed by atoms with van der Waals surface area (Å²) in [6.07, 6.45) is 0.221. The number of hydrogen-bond acceptors (Lipinski definition) is 4. The minimum atomic E-state index is -3.80. The van der Waals surface area contributed by atoms with Crippen molar-refractivity contribution in [3.8, 4) is 0 Å². The molecule has 0 aliphatic rings. The molecule has 1 amide bonds. The topological polar surface area (TPSA) is 78.5 Å². The molecule has 8 heteroatoms. The third-order valence-electron chi connectivity index (χ3n) is 4.55. The van der Waals surface area contributed by atoms with Crippen molar-refractivity contribution >= 4 is 21.6 Å². The van der Waals surface area contributed by atoms with E-state index in [0.717, 1.165) is 30.8 Å². The lowest BCUT2D eigenvalue weighted by atomic mass is 10.1. The Balaban J connectivity index is 1.88. The minimum absolute atomic E-state index is 0.0233. The zero-order valence-electron chi connectivity index (χ0n) is 17.0. The first-order chi connectivity index (χ1) is 13.7. The van der Waals surface area contributed by atoms with Gasteiger partial charge in [-0.3, -0.25) is 14.4 Å². The molecule has 2 aromatic carbocycles. The SMILES string of the molecule is CCN(CCNC(=O)Cc1ccc(NS(=O)(=O)c2ccc(F)cc2)cc1)C(C)C. The zero-order chi connectivity index (χ0) is 21.4. The minimum Gasteiger partial charge on any atom is -0.355 e. The highest BCUT2D eigenvalue weighted by atomic mass is 32.2. The van der Waals surface area contributed by atoms with Crippen LogP contribution in [0.25, 0.3) is 0 Å². The number of likely N-dealkylation sites (N-methyl/N-ethyl adjacent to an activating group) is 1. The van der Waals surface area contributed by atoms with Crippen molar-refractivity contribution in [1.29, 1.82) is 0 Å². The largest absolute Gasteiger partial charge is 0.355 e. The molecule has 2 N–H and O–H groups in total. The average Bonchev–Trinajstić information content (AvgIpc) is 2.66. The van der Waals surface area contributed by atoms with Crippen LogP contribution in [0.2, 0.25) is 0 Å². The van der Waals surface area contributed by atoms with E-state index in [1.165, 1.54) is 12.1 Å². The van der Waals surface area contributed by atoms with Gasteiger partial charge in [0.15, 0.2) is 0 Å². The molecule has 158 valence electrons. The van der Waals surface area contributed by atoms with E-state index in [1.807, 2.05) is 0 Å². The van der Waals surface area contributed by atoms with E-state index in [9.17, 15) is 17.6 Å². The van der Waals surface area contributed by atoms with Gasteiger partial charge in [0, 0.05) is 24.8 Å². The second kappa shape index (κ2) is 10.4. The number of nitrogens with zero attached hydrogens (tertiary/aromatic N) is 1. The quantitative estimate of drug-likeness (QED) is 0.618. The molecule has 0 aliphatic heterocycles. The number of anilines is 1. The van der Waals surface area contributed by atoms with E-state index < -0.39 is 15.8 Å². The molecule has 0 aromatic heterocycles. The van der Waals surface area contributed by atoms with Crippen molar-refractivity contribution in [2.24, 2.45) is 0 Å². The van der Waals surface area contributed by atoms with E-state index in [-0.39, 0.29) is 17.2 Å². The smallest absolute Gasteiger partial charge is 0.261 e. The molecule has 0 saturated carbocycles. The fourth-order valence-corrected chi connectivity index (χ4v) is 3.95. The predicted molar refractivity (Wildman–Crippen MR) is 113 cm³/mol. The number of halogens is 1. The van der Waals surface area contributed by atoms with Crippen molar-refractivity contribution in [1.82, 2.24) is 10.2 Å². The van der Waals surface area contributed by atoms with Gasteiger partial charge in [0.2, 0.25) is 5.91 Å². The number of amides is 1. The lowest BCUT2D eigenvalue weighted by molar-refractivity contribution is -0.120. The molecule has 0 unspecified atom stereocenters. The number of sulfonamides is 1. The summed E-state index contributed by atoms with van der Waals surface area (Å²) in [6, 6.07) is 11.6. The Hall–Kier alpha value is -2.45. The molecule has 0 saturated heterocycles. The maximum Gasteiger partial charge on any atom is 0.261 e. The highest BCUT2D eigenvalue weighted by molar-refractivity contribution is 7.92. The van der Waals surface area contributed by atoms with Gasteiger partial charge in [-0.05, 0) is 62.4 Å². The number of nitrogens with one attached hydrogen (secondary N) is 2. The van der Waals surface area contributed by atoms with E-state index in [2.05, 4.69) is 35.7 Å². The summed E-state index contributed by atoms with van der Waals surface area (Å²) in [7, 11) is -3.80. The molecule has 2 aromatic rings. The predicted octanol–water partition coefficient (Wildman–Crippen LogP) is 3.02. The van der Waals surface area contributed by atoms with Crippen LogP contribution in [0.4, 0.5) is 10.1 Å². The molecule has 0 aliphatic carbocycles. The van der Waals surface area contributed by atoms with Gasteiger partial charge in [0.05, 0.1) is 11.3 Å². The molecule has 0 fully saturated rings. The first-order valence-electron chi connectivity index (χ1n) is 9.59. The molecule has 2 rings (SSSR count). The number of carbonyl (C=O) groups is 1. The number of hydrogen-bond donors (Lipinski definition) is 2. The van der Waals surface area contributed by atoms with Gasteiger partial charge in [0.25, 0.3) is 10.0 Å². The Morgan fingerprint density at radius 3 is 2.24 bits per heavy atom. The molecule has 6 nitrogen and oxygen atoms in total. The second-order valence-corrected chi connectivity index (χ2v) is 8.69. The lowest BCUT2D eigenvalue weighted by Gasteiger charge is -2.24. The molecule has 0 heterocycles. The summed E-state index contributed by atoms with van der Waals surface area (Å²) < 4.78 is 40.1. The Morgan fingerprint density at radius 1 is 1.07 bits per heavy atom. The van der Waals surface area contributed by atoms with Gasteiger partial charge in [-0.15, -0.1) is 0 Å². The van der Waals surface area contributed by atoms with E-state index in [0.29, 0.717) is 18.3 Å². The fourth-order valence-electron chi connectivity index (χ4n) is 2.89. The van der Waals surface area contributed by atoms with Crippen LogP contribution < -0.4 is 10.0 Å². The fraction of sp³-hybridized carbons (Fsp3) is 0.381. The maximum atomic E-state index is 13.0. The summed E-state index contributed by atoms with van der Waals surface area (Å²) in [6.45, 7) is 8.65. The lowest BCUT2D eigenvalue weighted by Crippen LogP contribution is -2.38. The van der Waals surface area contributed by atoms with Crippen LogP contribution >= 0.6 is 0 Å². The van der Waals surface area contributed by atoms with E-state index in [4.69, 9.17) is 0 Å². The number of rotatable bonds is 10. The Morgan fingerprint density at radius 2 is 1.69 bits per heavy atom. The van der Waals surface area contributed by atoms with Crippen LogP contribution in [0.3, 0.4) is 0 Å². The van der Waals surface area contributed by atoms with Crippen molar-refractivity contribution in [2.75, 3.05) is 24.4 Å². The van der Waals surface area contributed by atoms with Crippen LogP contribution in [-0.2, 0) is 21.2 Å². The Bertz CT molecular complexity index is 898. The molecular formula is C21H28FN3O3S. The summed E-state index contributed by atoms with van der Waals surface area (Å²) in [5.41, 5.74) is 1.15. The number of benzene rings is 2. The van der Waals surface area contributed by atoms with E-state index in [1.54, 1.807) is 24.3 Å². The zero-order valence-corrected chi connectivity index (χ0v) is 17.8. The van der Waals surface area contributed by atoms with Crippen LogP contribution in [0.1, 0.15) is 26.3 Å². The first-order valence-corrected chi connectivity index (χ1v) is 11.1. The summed E-state index contributed by atoms with van der Waals surface area (Å²) >= 11 is 0. The van der Waals surface area contributed by atoms with Gasteiger partial charge in [-0.2, -0.15) is 0 Å². The summed E-state index contributed by atoms with van der Waals surface area (Å²) in [5.74, 6) is -0.581. The monoisotopic (exact) mass is 421 g/mol. The van der Waals surface area contributed by atoms with Gasteiger partial charge in [-0.1, -0.05) is 19.1 Å². The van der Waals surface area contributed by atoms with Crippen molar-refractivity contribution in [3.05, 3.63) is 59.9 Å². The van der Waals surface area contributed by atoms with Crippen LogP contribution in [0.15, 0.2) is 53.4 Å². The van der Waals surface area contributed by atoms with Crippen LogP contribution in [0.5, 0.6) is 0 Å². The van der Waals surface area contributed by atoms with Gasteiger partial charge in [0.1, 0.15) is 5.82 Å². The standard InChI is InChI=1S/C21H28FN3O3S/c1-4-25(16(2)3)14-13-23-21(26)15-17-5-9-19(10-6-17)24-29(27,28)20-11-7-18(22)8-12-20/h5-12,16,24H,4,13-15H2,1-3H3,(H,23,26). The molecule has 0 bridgehead atoms. The summed E-state index contributed by atoms with van der Waals surface area (Å²) in [5, 5.41) is 2.91. The van der Waals surface area contributed by atoms with Crippen LogP contribution in [0, 0.1) is 5.82 Å². The average molecular weight is 422 g/mol. The molecule has 0 atom stereocenters. The van der Waals surface area contributed by atoms with Gasteiger partial charge < -0.3 is 5.32 Å². The van der Waals surface area contributed by atoms with E-state index >= 15 is 0 Å².